The molecule has 0 aliphatic rings. The summed E-state index contributed by atoms with van der Waals surface area (Å²) in [5, 5.41) is 0.861. The highest BCUT2D eigenvalue weighted by Crippen LogP contribution is 2.13. The number of esters is 1. The number of carbonyl (C=O) groups is 1. The molecule has 0 aromatic heterocycles. The van der Waals surface area contributed by atoms with Gasteiger partial charge in [0.25, 0.3) is 0 Å². The second-order valence-electron chi connectivity index (χ2n) is 4.60. The maximum Gasteiger partial charge on any atom is 0.322 e. The Balaban J connectivity index is 0.00000400. The highest BCUT2D eigenvalue weighted by atomic mass is 79.9. The lowest BCUT2D eigenvalue weighted by Gasteiger charge is -2.18. The quantitative estimate of drug-likeness (QED) is 0.528. The first-order chi connectivity index (χ1) is 9.67. The molecule has 0 amide bonds. The van der Waals surface area contributed by atoms with Gasteiger partial charge in [-0.25, -0.2) is 0 Å². The van der Waals surface area contributed by atoms with E-state index in [9.17, 15) is 4.79 Å². The fraction of sp³-hybridized carbons (Fsp3) is 0.533. The third kappa shape index (κ3) is 8.41. The van der Waals surface area contributed by atoms with Crippen LogP contribution in [0, 0.1) is 0 Å². The van der Waals surface area contributed by atoms with Crippen molar-refractivity contribution in [2.24, 2.45) is 5.73 Å². The zero-order chi connectivity index (χ0) is 14.8. The number of alkyl halides is 1. The predicted octanol–water partition coefficient (Wildman–Crippen LogP) is 3.06. The molecule has 2 atom stereocenters. The maximum atomic E-state index is 11.3. The van der Waals surface area contributed by atoms with Crippen LogP contribution in [0.15, 0.2) is 30.3 Å². The molecule has 0 spiro atoms. The van der Waals surface area contributed by atoms with E-state index in [1.165, 1.54) is 7.11 Å². The average molecular weight is 381 g/mol. The average Bonchev–Trinajstić information content (AvgIpc) is 2.49. The van der Waals surface area contributed by atoms with Crippen molar-refractivity contribution >= 4 is 34.3 Å². The van der Waals surface area contributed by atoms with Crippen LogP contribution < -0.4 is 5.73 Å². The van der Waals surface area contributed by atoms with Crippen LogP contribution in [0.3, 0.4) is 0 Å². The van der Waals surface area contributed by atoms with Gasteiger partial charge in [0.2, 0.25) is 0 Å². The molecule has 6 heteroatoms. The number of nitrogens with two attached hydrogens (primary N) is 1. The molecule has 0 bridgehead atoms. The standard InChI is InChI=1S/C15H22BrNO3.ClH/c1-19-15(18)14(17)8-7-13(9-10-16)20-11-12-5-3-2-4-6-12;/h2-6,13-14H,7-11,17H2,1H3;1H/t13?,14-;/m0./s1. The van der Waals surface area contributed by atoms with Crippen LogP contribution in [0.2, 0.25) is 0 Å². The Kier molecular flexibility index (Phi) is 11.6. The van der Waals surface area contributed by atoms with Gasteiger partial charge in [0, 0.05) is 5.33 Å². The van der Waals surface area contributed by atoms with Crippen LogP contribution in [0.4, 0.5) is 0 Å². The molecule has 0 aliphatic heterocycles. The molecule has 4 nitrogen and oxygen atoms in total. The van der Waals surface area contributed by atoms with Gasteiger partial charge in [0.15, 0.2) is 0 Å². The molecule has 2 N–H and O–H groups in total. The number of methoxy groups -OCH3 is 1. The number of rotatable bonds is 9. The van der Waals surface area contributed by atoms with E-state index in [1.54, 1.807) is 0 Å². The van der Waals surface area contributed by atoms with E-state index >= 15 is 0 Å². The van der Waals surface area contributed by atoms with E-state index in [2.05, 4.69) is 20.7 Å². The molecular formula is C15H23BrClNO3. The minimum atomic E-state index is -0.571. The Morgan fingerprint density at radius 3 is 2.48 bits per heavy atom. The number of ether oxygens (including phenoxy) is 2. The van der Waals surface area contributed by atoms with E-state index in [-0.39, 0.29) is 24.5 Å². The van der Waals surface area contributed by atoms with Crippen molar-refractivity contribution in [3.8, 4) is 0 Å². The topological polar surface area (TPSA) is 61.5 Å². The summed E-state index contributed by atoms with van der Waals surface area (Å²) in [6.07, 6.45) is 2.29. The van der Waals surface area contributed by atoms with Crippen LogP contribution in [-0.2, 0) is 20.9 Å². The summed E-state index contributed by atoms with van der Waals surface area (Å²) in [6, 6.07) is 9.46. The molecule has 120 valence electrons. The minimum absolute atomic E-state index is 0. The van der Waals surface area contributed by atoms with Crippen LogP contribution >= 0.6 is 28.3 Å². The Labute approximate surface area is 140 Å². The zero-order valence-corrected chi connectivity index (χ0v) is 14.6. The lowest BCUT2D eigenvalue weighted by atomic mass is 10.1. The van der Waals surface area contributed by atoms with E-state index in [1.807, 2.05) is 30.3 Å². The third-order valence-corrected chi connectivity index (χ3v) is 3.52. The largest absolute Gasteiger partial charge is 0.468 e. The number of benzene rings is 1. The molecule has 0 aliphatic carbocycles. The highest BCUT2D eigenvalue weighted by Gasteiger charge is 2.17. The smallest absolute Gasteiger partial charge is 0.322 e. The Hall–Kier alpha value is -0.620. The predicted molar refractivity (Wildman–Crippen MR) is 89.9 cm³/mol. The first-order valence-corrected chi connectivity index (χ1v) is 7.84. The summed E-state index contributed by atoms with van der Waals surface area (Å²) in [6.45, 7) is 0.575. The Bertz CT molecular complexity index is 392. The molecule has 0 saturated heterocycles. The molecular weight excluding hydrogens is 358 g/mol. The number of halogens is 2. The molecule has 21 heavy (non-hydrogen) atoms. The summed E-state index contributed by atoms with van der Waals surface area (Å²) in [7, 11) is 1.35. The Morgan fingerprint density at radius 2 is 1.90 bits per heavy atom. The van der Waals surface area contributed by atoms with Crippen molar-refractivity contribution in [2.45, 2.75) is 38.0 Å². The third-order valence-electron chi connectivity index (χ3n) is 3.06. The van der Waals surface area contributed by atoms with Crippen molar-refractivity contribution in [3.63, 3.8) is 0 Å². The summed E-state index contributed by atoms with van der Waals surface area (Å²) in [5.41, 5.74) is 6.88. The van der Waals surface area contributed by atoms with Gasteiger partial charge < -0.3 is 15.2 Å². The monoisotopic (exact) mass is 379 g/mol. The van der Waals surface area contributed by atoms with Crippen molar-refractivity contribution in [2.75, 3.05) is 12.4 Å². The minimum Gasteiger partial charge on any atom is -0.468 e. The van der Waals surface area contributed by atoms with Crippen LogP contribution in [0.25, 0.3) is 0 Å². The van der Waals surface area contributed by atoms with Crippen molar-refractivity contribution in [1.29, 1.82) is 0 Å². The van der Waals surface area contributed by atoms with E-state index in [0.717, 1.165) is 23.7 Å². The first-order valence-electron chi connectivity index (χ1n) is 6.72. The normalized spacial score (nSPS) is 13.1. The second-order valence-corrected chi connectivity index (χ2v) is 5.40. The zero-order valence-electron chi connectivity index (χ0n) is 12.2. The van der Waals surface area contributed by atoms with Gasteiger partial charge in [0.05, 0.1) is 19.8 Å². The van der Waals surface area contributed by atoms with Crippen molar-refractivity contribution in [1.82, 2.24) is 0 Å². The Morgan fingerprint density at radius 1 is 1.24 bits per heavy atom. The SMILES string of the molecule is COC(=O)[C@@H](N)CCC(CCBr)OCc1ccccc1.Cl. The fourth-order valence-electron chi connectivity index (χ4n) is 1.86. The van der Waals surface area contributed by atoms with Gasteiger partial charge in [-0.3, -0.25) is 4.79 Å². The van der Waals surface area contributed by atoms with Gasteiger partial charge in [-0.1, -0.05) is 46.3 Å². The van der Waals surface area contributed by atoms with E-state index in [4.69, 9.17) is 10.5 Å². The van der Waals surface area contributed by atoms with Gasteiger partial charge in [-0.05, 0) is 24.8 Å². The van der Waals surface area contributed by atoms with Gasteiger partial charge in [0.1, 0.15) is 6.04 Å². The van der Waals surface area contributed by atoms with Crippen LogP contribution in [-0.4, -0.2) is 30.6 Å². The summed E-state index contributed by atoms with van der Waals surface area (Å²) in [4.78, 5) is 11.3. The number of hydrogen-bond donors (Lipinski definition) is 1. The van der Waals surface area contributed by atoms with E-state index < -0.39 is 6.04 Å². The molecule has 1 unspecified atom stereocenters. The maximum absolute atomic E-state index is 11.3. The highest BCUT2D eigenvalue weighted by molar-refractivity contribution is 9.09. The molecule has 1 aromatic carbocycles. The number of hydrogen-bond acceptors (Lipinski definition) is 4. The first kappa shape index (κ1) is 20.4. The second kappa shape index (κ2) is 12.0. The van der Waals surface area contributed by atoms with Gasteiger partial charge >= 0.3 is 5.97 Å². The lowest BCUT2D eigenvalue weighted by Crippen LogP contribution is -2.32. The molecule has 1 aromatic rings. The van der Waals surface area contributed by atoms with Crippen molar-refractivity contribution < 1.29 is 14.3 Å². The van der Waals surface area contributed by atoms with Gasteiger partial charge in [-0.15, -0.1) is 12.4 Å². The molecule has 0 radical (unpaired) electrons. The van der Waals surface area contributed by atoms with Gasteiger partial charge in [-0.2, -0.15) is 0 Å². The molecule has 0 heterocycles. The van der Waals surface area contributed by atoms with Crippen LogP contribution in [0.1, 0.15) is 24.8 Å². The molecule has 0 saturated carbocycles. The number of carbonyl (C=O) groups excluding carboxylic acids is 1. The molecule has 1 rings (SSSR count). The van der Waals surface area contributed by atoms with Crippen molar-refractivity contribution in [3.05, 3.63) is 35.9 Å². The fourth-order valence-corrected chi connectivity index (χ4v) is 2.37. The van der Waals surface area contributed by atoms with E-state index in [0.29, 0.717) is 13.0 Å². The summed E-state index contributed by atoms with van der Waals surface area (Å²) >= 11 is 3.42. The summed E-state index contributed by atoms with van der Waals surface area (Å²) < 4.78 is 10.5. The lowest BCUT2D eigenvalue weighted by molar-refractivity contribution is -0.142. The van der Waals surface area contributed by atoms with Crippen LogP contribution in [0.5, 0.6) is 0 Å². The summed E-state index contributed by atoms with van der Waals surface area (Å²) in [5.74, 6) is -0.370. The molecule has 0 fully saturated rings.